The minimum atomic E-state index is -0.519. The van der Waals surface area contributed by atoms with Crippen LogP contribution in [-0.4, -0.2) is 78.8 Å². The molecular weight excluding hydrogens is 430 g/mol. The third-order valence-corrected chi connectivity index (χ3v) is 6.13. The van der Waals surface area contributed by atoms with Gasteiger partial charge in [0.2, 0.25) is 6.35 Å². The van der Waals surface area contributed by atoms with Crippen LogP contribution < -0.4 is 5.43 Å². The van der Waals surface area contributed by atoms with Gasteiger partial charge in [-0.2, -0.15) is 10.4 Å². The topological polar surface area (TPSA) is 98.4 Å². The lowest BCUT2D eigenvalue weighted by atomic mass is 10.0. The van der Waals surface area contributed by atoms with E-state index in [1.807, 2.05) is 43.4 Å². The van der Waals surface area contributed by atoms with Crippen LogP contribution in [0.4, 0.5) is 0 Å². The zero-order valence-corrected chi connectivity index (χ0v) is 19.7. The number of morpholine rings is 1. The highest BCUT2D eigenvalue weighted by molar-refractivity contribution is 5.84. The summed E-state index contributed by atoms with van der Waals surface area (Å²) in [6.07, 6.45) is 4.45. The van der Waals surface area contributed by atoms with Crippen molar-refractivity contribution >= 4 is 12.1 Å². The largest absolute Gasteiger partial charge is 0.378 e. The number of rotatable bonds is 7. The van der Waals surface area contributed by atoms with Crippen molar-refractivity contribution in [1.82, 2.24) is 20.2 Å². The Hall–Kier alpha value is -3.32. The van der Waals surface area contributed by atoms with Gasteiger partial charge >= 0.3 is 0 Å². The van der Waals surface area contributed by atoms with Crippen molar-refractivity contribution in [1.29, 1.82) is 5.26 Å². The van der Waals surface area contributed by atoms with Crippen LogP contribution in [0.2, 0.25) is 0 Å². The van der Waals surface area contributed by atoms with Crippen molar-refractivity contribution in [3.05, 3.63) is 65.5 Å². The number of hydrazone groups is 1. The van der Waals surface area contributed by atoms with Crippen LogP contribution in [0.3, 0.4) is 0 Å². The molecule has 1 saturated heterocycles. The van der Waals surface area contributed by atoms with E-state index in [-0.39, 0.29) is 0 Å². The highest BCUT2D eigenvalue weighted by atomic mass is 16.5. The number of amidine groups is 1. The summed E-state index contributed by atoms with van der Waals surface area (Å²) in [6, 6.07) is 15.4. The van der Waals surface area contributed by atoms with Gasteiger partial charge in [0.25, 0.3) is 0 Å². The van der Waals surface area contributed by atoms with Gasteiger partial charge in [0.05, 0.1) is 37.7 Å². The molecule has 2 unspecified atom stereocenters. The summed E-state index contributed by atoms with van der Waals surface area (Å²) in [4.78, 5) is 13.7. The predicted octanol–water partition coefficient (Wildman–Crippen LogP) is 2.20. The van der Waals surface area contributed by atoms with E-state index in [0.29, 0.717) is 38.2 Å². The number of nitrogens with one attached hydrogen (secondary N) is 1. The van der Waals surface area contributed by atoms with Gasteiger partial charge in [-0.1, -0.05) is 18.2 Å². The molecule has 0 spiro atoms. The fraction of sp³-hybridized carbons (Fsp3) is 0.440. The van der Waals surface area contributed by atoms with E-state index >= 15 is 0 Å². The van der Waals surface area contributed by atoms with Crippen molar-refractivity contribution in [2.45, 2.75) is 31.8 Å². The number of aromatic nitrogens is 1. The lowest BCUT2D eigenvalue weighted by Crippen LogP contribution is -2.63. The van der Waals surface area contributed by atoms with Crippen LogP contribution in [0, 0.1) is 11.3 Å². The number of hydrogen-bond acceptors (Lipinski definition) is 9. The molecule has 0 amide bonds. The first kappa shape index (κ1) is 23.8. The Kier molecular flexibility index (Phi) is 7.85. The Balaban J connectivity index is 1.48. The first-order valence-corrected chi connectivity index (χ1v) is 11.5. The first-order chi connectivity index (χ1) is 16.6. The van der Waals surface area contributed by atoms with Gasteiger partial charge in [0, 0.05) is 37.8 Å². The fourth-order valence-corrected chi connectivity index (χ4v) is 3.97. The third-order valence-electron chi connectivity index (χ3n) is 6.13. The minimum Gasteiger partial charge on any atom is -0.378 e. The molecule has 0 aliphatic carbocycles. The summed E-state index contributed by atoms with van der Waals surface area (Å²) in [5.74, 6) is 0.987. The van der Waals surface area contributed by atoms with Crippen LogP contribution in [-0.2, 0) is 15.9 Å². The van der Waals surface area contributed by atoms with E-state index in [4.69, 9.17) is 19.7 Å². The van der Waals surface area contributed by atoms with Gasteiger partial charge in [0.1, 0.15) is 11.5 Å². The predicted molar refractivity (Wildman–Crippen MR) is 130 cm³/mol. The van der Waals surface area contributed by atoms with Crippen molar-refractivity contribution in [2.75, 3.05) is 40.0 Å². The van der Waals surface area contributed by atoms with Gasteiger partial charge in [-0.15, -0.1) is 0 Å². The Morgan fingerprint density at radius 1 is 1.29 bits per heavy atom. The third kappa shape index (κ3) is 5.97. The standard InChI is InChI=1S/C25H31N7O2/c1-25(30-28-19-21-7-5-6-20(16-21)18-26)17-23(32-11-14-33-15-12-32)29-24(31(25)2)34-13-9-22-8-3-4-10-27-22/h3-8,10,16,19,24,30H,9,11-15,17H2,1-2H3/b28-19+. The molecule has 2 aliphatic heterocycles. The molecule has 1 fully saturated rings. The summed E-state index contributed by atoms with van der Waals surface area (Å²) in [6.45, 7) is 5.61. The summed E-state index contributed by atoms with van der Waals surface area (Å²) in [7, 11) is 1.99. The Morgan fingerprint density at radius 2 is 2.15 bits per heavy atom. The SMILES string of the molecule is CN1C(OCCc2ccccn2)N=C(N2CCOCC2)CC1(C)N/N=C/c1cccc(C#N)c1. The van der Waals surface area contributed by atoms with E-state index in [1.165, 1.54) is 0 Å². The molecule has 4 rings (SSSR count). The van der Waals surface area contributed by atoms with Gasteiger partial charge in [-0.25, -0.2) is 9.89 Å². The van der Waals surface area contributed by atoms with Gasteiger partial charge < -0.3 is 14.4 Å². The van der Waals surface area contributed by atoms with Gasteiger partial charge in [0.15, 0.2) is 0 Å². The highest BCUT2D eigenvalue weighted by Crippen LogP contribution is 2.27. The molecule has 9 heteroatoms. The van der Waals surface area contributed by atoms with E-state index in [2.05, 4.69) is 38.3 Å². The maximum Gasteiger partial charge on any atom is 0.210 e. The summed E-state index contributed by atoms with van der Waals surface area (Å²) < 4.78 is 11.8. The van der Waals surface area contributed by atoms with Crippen LogP contribution in [0.1, 0.15) is 30.2 Å². The molecule has 0 bridgehead atoms. The van der Waals surface area contributed by atoms with Gasteiger partial charge in [-0.05, 0) is 43.8 Å². The maximum absolute atomic E-state index is 9.13. The number of ether oxygens (including phenoxy) is 2. The van der Waals surface area contributed by atoms with E-state index in [0.717, 1.165) is 30.2 Å². The van der Waals surface area contributed by atoms with E-state index in [9.17, 15) is 0 Å². The monoisotopic (exact) mass is 461 g/mol. The Bertz CT molecular complexity index is 1050. The normalized spacial score (nSPS) is 23.5. The molecule has 9 nitrogen and oxygen atoms in total. The second-order valence-electron chi connectivity index (χ2n) is 8.58. The second-order valence-corrected chi connectivity index (χ2v) is 8.58. The lowest BCUT2D eigenvalue weighted by molar-refractivity contribution is -0.103. The molecule has 0 saturated carbocycles. The molecule has 2 atom stereocenters. The van der Waals surface area contributed by atoms with Gasteiger partial charge in [-0.3, -0.25) is 10.4 Å². The summed E-state index contributed by atoms with van der Waals surface area (Å²) in [5.41, 5.74) is 5.26. The van der Waals surface area contributed by atoms with Crippen molar-refractivity contribution in [3.8, 4) is 6.07 Å². The maximum atomic E-state index is 9.13. The Labute approximate surface area is 200 Å². The van der Waals surface area contributed by atoms with E-state index in [1.54, 1.807) is 18.5 Å². The van der Waals surface area contributed by atoms with E-state index < -0.39 is 12.0 Å². The summed E-state index contributed by atoms with van der Waals surface area (Å²) >= 11 is 0. The smallest absolute Gasteiger partial charge is 0.210 e. The zero-order chi connectivity index (χ0) is 23.8. The van der Waals surface area contributed by atoms with Crippen molar-refractivity contribution < 1.29 is 9.47 Å². The summed E-state index contributed by atoms with van der Waals surface area (Å²) in [5, 5.41) is 13.6. The quantitative estimate of drug-likeness (QED) is 0.499. The average Bonchev–Trinajstić information content (AvgIpc) is 2.88. The number of nitrogens with zero attached hydrogens (tertiary/aromatic N) is 6. The number of aliphatic imine (C=N–C) groups is 1. The number of nitriles is 1. The molecule has 178 valence electrons. The second kappa shape index (κ2) is 11.2. The first-order valence-electron chi connectivity index (χ1n) is 11.5. The van der Waals surface area contributed by atoms with Crippen LogP contribution >= 0.6 is 0 Å². The van der Waals surface area contributed by atoms with Crippen LogP contribution in [0.15, 0.2) is 58.8 Å². The molecule has 1 aromatic heterocycles. The van der Waals surface area contributed by atoms with Crippen molar-refractivity contribution in [2.24, 2.45) is 10.1 Å². The molecule has 34 heavy (non-hydrogen) atoms. The minimum absolute atomic E-state index is 0.454. The molecule has 2 aromatic rings. The number of benzene rings is 1. The molecule has 1 N–H and O–H groups in total. The highest BCUT2D eigenvalue weighted by Gasteiger charge is 2.41. The Morgan fingerprint density at radius 3 is 2.91 bits per heavy atom. The average molecular weight is 462 g/mol. The fourth-order valence-electron chi connectivity index (χ4n) is 3.97. The molecule has 1 aromatic carbocycles. The molecular formula is C25H31N7O2. The zero-order valence-electron chi connectivity index (χ0n) is 19.7. The number of pyridine rings is 1. The van der Waals surface area contributed by atoms with Crippen LogP contribution in [0.5, 0.6) is 0 Å². The number of hydrogen-bond donors (Lipinski definition) is 1. The van der Waals surface area contributed by atoms with Crippen LogP contribution in [0.25, 0.3) is 0 Å². The van der Waals surface area contributed by atoms with Crippen molar-refractivity contribution in [3.63, 3.8) is 0 Å². The lowest BCUT2D eigenvalue weighted by Gasteiger charge is -2.47. The molecule has 0 radical (unpaired) electrons. The molecule has 2 aliphatic rings. The molecule has 3 heterocycles.